The van der Waals surface area contributed by atoms with Gasteiger partial charge < -0.3 is 14.5 Å². The zero-order chi connectivity index (χ0) is 15.3. The molecule has 0 atom stereocenters. The Morgan fingerprint density at radius 2 is 1.81 bits per heavy atom. The molecule has 1 spiro atoms. The van der Waals surface area contributed by atoms with Crippen LogP contribution in [0.5, 0.6) is 0 Å². The molecule has 0 radical (unpaired) electrons. The number of rotatable bonds is 2. The number of amides is 2. The van der Waals surface area contributed by atoms with Gasteiger partial charge in [-0.25, -0.2) is 4.79 Å². The second kappa shape index (κ2) is 7.14. The van der Waals surface area contributed by atoms with Gasteiger partial charge in [0.2, 0.25) is 5.91 Å². The Morgan fingerprint density at radius 1 is 1.05 bits per heavy atom. The van der Waals surface area contributed by atoms with Crippen molar-refractivity contribution in [3.8, 4) is 0 Å². The molecule has 21 heavy (non-hydrogen) atoms. The minimum atomic E-state index is -0.108. The summed E-state index contributed by atoms with van der Waals surface area (Å²) in [7, 11) is 0. The lowest BCUT2D eigenvalue weighted by atomic mass is 9.73. The highest BCUT2D eigenvalue weighted by Gasteiger charge is 2.47. The summed E-state index contributed by atoms with van der Waals surface area (Å²) in [5.74, 6) is 0.337. The Balaban J connectivity index is 0.000000161. The summed E-state index contributed by atoms with van der Waals surface area (Å²) in [4.78, 5) is 26.1. The third-order valence-corrected chi connectivity index (χ3v) is 4.99. The average Bonchev–Trinajstić information content (AvgIpc) is 2.46. The molecule has 0 unspecified atom stereocenters. The topological polar surface area (TPSA) is 49.9 Å². The number of carbonyl (C=O) groups excluding carboxylic acids is 2. The minimum Gasteiger partial charge on any atom is -0.449 e. The fourth-order valence-corrected chi connectivity index (χ4v) is 3.50. The molecule has 5 nitrogen and oxygen atoms in total. The van der Waals surface area contributed by atoms with Crippen molar-refractivity contribution >= 4 is 12.0 Å². The van der Waals surface area contributed by atoms with E-state index in [2.05, 4.69) is 0 Å². The van der Waals surface area contributed by atoms with E-state index in [0.29, 0.717) is 12.5 Å². The van der Waals surface area contributed by atoms with Gasteiger partial charge in [-0.15, -0.1) is 0 Å². The van der Waals surface area contributed by atoms with Crippen molar-refractivity contribution in [2.75, 3.05) is 26.2 Å². The summed E-state index contributed by atoms with van der Waals surface area (Å²) >= 11 is 0. The third kappa shape index (κ3) is 3.50. The monoisotopic (exact) mass is 296 g/mol. The van der Waals surface area contributed by atoms with Crippen LogP contribution in [0.3, 0.4) is 0 Å². The maximum Gasteiger partial charge on any atom is 0.410 e. The fourth-order valence-electron chi connectivity index (χ4n) is 3.50. The SMILES string of the molecule is CCN1C(=O)OCCC12CCC2.CCN1CCCCC1=O. The normalized spacial score (nSPS) is 24.1. The van der Waals surface area contributed by atoms with Crippen LogP contribution in [0.15, 0.2) is 0 Å². The van der Waals surface area contributed by atoms with Crippen LogP contribution >= 0.6 is 0 Å². The van der Waals surface area contributed by atoms with Crippen LogP contribution in [0.1, 0.15) is 58.8 Å². The van der Waals surface area contributed by atoms with E-state index in [4.69, 9.17) is 4.74 Å². The highest BCUT2D eigenvalue weighted by atomic mass is 16.6. The van der Waals surface area contributed by atoms with Crippen LogP contribution in [0.25, 0.3) is 0 Å². The van der Waals surface area contributed by atoms with Gasteiger partial charge in [0.15, 0.2) is 0 Å². The molecule has 3 rings (SSSR count). The van der Waals surface area contributed by atoms with Crippen LogP contribution < -0.4 is 0 Å². The van der Waals surface area contributed by atoms with E-state index in [9.17, 15) is 9.59 Å². The third-order valence-electron chi connectivity index (χ3n) is 4.99. The molecule has 2 saturated heterocycles. The van der Waals surface area contributed by atoms with Crippen molar-refractivity contribution in [2.45, 2.75) is 64.3 Å². The molecule has 3 fully saturated rings. The van der Waals surface area contributed by atoms with Gasteiger partial charge in [0.05, 0.1) is 6.61 Å². The van der Waals surface area contributed by atoms with E-state index in [0.717, 1.165) is 38.9 Å². The summed E-state index contributed by atoms with van der Waals surface area (Å²) in [5, 5.41) is 0. The second-order valence-electron chi connectivity index (χ2n) is 6.12. The Morgan fingerprint density at radius 3 is 2.24 bits per heavy atom. The van der Waals surface area contributed by atoms with Crippen LogP contribution in [-0.2, 0) is 9.53 Å². The number of nitrogens with zero attached hydrogens (tertiary/aromatic N) is 2. The lowest BCUT2D eigenvalue weighted by Gasteiger charge is -2.51. The zero-order valence-corrected chi connectivity index (χ0v) is 13.4. The maximum absolute atomic E-state index is 11.3. The standard InChI is InChI=1S/C9H15NO2.C7H13NO/c1-2-10-8(11)12-7-6-9(10)4-3-5-9;1-2-8-6-4-3-5-7(8)9/h2-7H2,1H3;2-6H2,1H3. The van der Waals surface area contributed by atoms with Crippen molar-refractivity contribution in [2.24, 2.45) is 0 Å². The molecule has 5 heteroatoms. The predicted octanol–water partition coefficient (Wildman–Crippen LogP) is 2.79. The molecule has 0 aromatic rings. The summed E-state index contributed by atoms with van der Waals surface area (Å²) in [6.45, 7) is 7.33. The lowest BCUT2D eigenvalue weighted by molar-refractivity contribution is -0.132. The maximum atomic E-state index is 11.3. The Bertz CT molecular complexity index is 380. The van der Waals surface area contributed by atoms with Crippen LogP contribution in [0, 0.1) is 0 Å². The molecule has 3 aliphatic rings. The Labute approximate surface area is 127 Å². The average molecular weight is 296 g/mol. The first-order valence-electron chi connectivity index (χ1n) is 8.35. The van der Waals surface area contributed by atoms with Crippen LogP contribution in [0.2, 0.25) is 0 Å². The van der Waals surface area contributed by atoms with Gasteiger partial charge in [0, 0.05) is 38.0 Å². The molecule has 1 aliphatic carbocycles. The van der Waals surface area contributed by atoms with Gasteiger partial charge in [0.25, 0.3) is 0 Å². The summed E-state index contributed by atoms with van der Waals surface area (Å²) < 4.78 is 5.00. The number of hydrogen-bond donors (Lipinski definition) is 0. The molecule has 0 N–H and O–H groups in total. The first kappa shape index (κ1) is 16.1. The molecule has 0 bridgehead atoms. The first-order chi connectivity index (χ1) is 10.1. The molecule has 0 aromatic heterocycles. The van der Waals surface area contributed by atoms with Crippen molar-refractivity contribution < 1.29 is 14.3 Å². The number of likely N-dealkylation sites (tertiary alicyclic amines) is 1. The molecule has 2 amide bonds. The van der Waals surface area contributed by atoms with Crippen molar-refractivity contribution in [1.82, 2.24) is 9.80 Å². The highest BCUT2D eigenvalue weighted by Crippen LogP contribution is 2.42. The van der Waals surface area contributed by atoms with E-state index < -0.39 is 0 Å². The number of hydrogen-bond acceptors (Lipinski definition) is 3. The molecule has 2 heterocycles. The summed E-state index contributed by atoms with van der Waals surface area (Å²) in [5.41, 5.74) is 0.198. The Kier molecular flexibility index (Phi) is 5.48. The fraction of sp³-hybridized carbons (Fsp3) is 0.875. The molecule has 120 valence electrons. The van der Waals surface area contributed by atoms with Crippen LogP contribution in [-0.4, -0.2) is 53.6 Å². The quantitative estimate of drug-likeness (QED) is 0.787. The van der Waals surface area contributed by atoms with Gasteiger partial charge in [-0.1, -0.05) is 0 Å². The molecular formula is C16H28N2O3. The van der Waals surface area contributed by atoms with Gasteiger partial charge in [0.1, 0.15) is 0 Å². The lowest BCUT2D eigenvalue weighted by Crippen LogP contribution is -2.59. The number of cyclic esters (lactones) is 1. The molecular weight excluding hydrogens is 268 g/mol. The number of carbonyl (C=O) groups is 2. The van der Waals surface area contributed by atoms with Gasteiger partial charge >= 0.3 is 6.09 Å². The van der Waals surface area contributed by atoms with E-state index in [1.54, 1.807) is 0 Å². The van der Waals surface area contributed by atoms with E-state index >= 15 is 0 Å². The molecule has 2 aliphatic heterocycles. The number of ether oxygens (including phenoxy) is 1. The van der Waals surface area contributed by atoms with E-state index in [1.807, 2.05) is 23.6 Å². The molecule has 0 aromatic carbocycles. The van der Waals surface area contributed by atoms with Gasteiger partial charge in [-0.3, -0.25) is 4.79 Å². The van der Waals surface area contributed by atoms with Gasteiger partial charge in [-0.05, 0) is 46.0 Å². The zero-order valence-electron chi connectivity index (χ0n) is 13.4. The van der Waals surface area contributed by atoms with E-state index in [1.165, 1.54) is 25.7 Å². The van der Waals surface area contributed by atoms with Gasteiger partial charge in [-0.2, -0.15) is 0 Å². The highest BCUT2D eigenvalue weighted by molar-refractivity contribution is 5.76. The minimum absolute atomic E-state index is 0.108. The van der Waals surface area contributed by atoms with Crippen molar-refractivity contribution in [3.05, 3.63) is 0 Å². The first-order valence-corrected chi connectivity index (χ1v) is 8.35. The summed E-state index contributed by atoms with van der Waals surface area (Å²) in [6, 6.07) is 0. The van der Waals surface area contributed by atoms with Crippen LogP contribution in [0.4, 0.5) is 4.79 Å². The summed E-state index contributed by atoms with van der Waals surface area (Å²) in [6.07, 6.45) is 7.61. The van der Waals surface area contributed by atoms with Crippen molar-refractivity contribution in [1.29, 1.82) is 0 Å². The molecule has 1 saturated carbocycles. The smallest absolute Gasteiger partial charge is 0.410 e. The predicted molar refractivity (Wildman–Crippen MR) is 81.0 cm³/mol. The van der Waals surface area contributed by atoms with Crippen molar-refractivity contribution in [3.63, 3.8) is 0 Å². The number of piperidine rings is 1. The Hall–Kier alpha value is -1.26. The van der Waals surface area contributed by atoms with E-state index in [-0.39, 0.29) is 11.6 Å². The largest absolute Gasteiger partial charge is 0.449 e. The second-order valence-corrected chi connectivity index (χ2v) is 6.12.